The molecule has 1 heterocycles. The molecule has 16 heavy (non-hydrogen) atoms. The quantitative estimate of drug-likeness (QED) is 0.795. The molecule has 1 fully saturated rings. The minimum absolute atomic E-state index is 0.637. The van der Waals surface area contributed by atoms with Gasteiger partial charge in [0.1, 0.15) is 0 Å². The van der Waals surface area contributed by atoms with Crippen LogP contribution in [0.4, 0.5) is 0 Å². The van der Waals surface area contributed by atoms with Gasteiger partial charge in [0.2, 0.25) is 0 Å². The number of aryl methyl sites for hydroxylation is 1. The van der Waals surface area contributed by atoms with Gasteiger partial charge in [0.15, 0.2) is 0 Å². The Hall–Kier alpha value is -0.340. The molecular weight excluding hydrogens is 214 g/mol. The van der Waals surface area contributed by atoms with E-state index in [1.807, 2.05) is 11.3 Å². The van der Waals surface area contributed by atoms with Crippen molar-refractivity contribution >= 4 is 11.3 Å². The molecule has 1 saturated carbocycles. The van der Waals surface area contributed by atoms with Crippen molar-refractivity contribution in [3.05, 3.63) is 22.4 Å². The molecule has 1 nitrogen and oxygen atoms in total. The Morgan fingerprint density at radius 1 is 1.38 bits per heavy atom. The Bertz CT molecular complexity index is 292. The first kappa shape index (κ1) is 12.1. The van der Waals surface area contributed by atoms with Gasteiger partial charge in [-0.15, -0.1) is 0 Å². The van der Waals surface area contributed by atoms with E-state index in [1.54, 1.807) is 0 Å². The monoisotopic (exact) mass is 237 g/mol. The highest BCUT2D eigenvalue weighted by atomic mass is 32.1. The van der Waals surface area contributed by atoms with Crippen molar-refractivity contribution in [2.75, 3.05) is 6.54 Å². The molecule has 90 valence electrons. The second kappa shape index (κ2) is 5.83. The fraction of sp³-hybridized carbons (Fsp3) is 0.714. The molecule has 0 aromatic carbocycles. The SMILES string of the molecule is CC(C)NCC1CCC1CCc1ccsc1. The van der Waals surface area contributed by atoms with Crippen molar-refractivity contribution in [2.45, 2.75) is 45.6 Å². The van der Waals surface area contributed by atoms with E-state index in [1.165, 1.54) is 37.8 Å². The Morgan fingerprint density at radius 3 is 2.75 bits per heavy atom. The van der Waals surface area contributed by atoms with Crippen LogP contribution < -0.4 is 5.32 Å². The lowest BCUT2D eigenvalue weighted by molar-refractivity contribution is 0.158. The lowest BCUT2D eigenvalue weighted by atomic mass is 9.71. The molecule has 0 amide bonds. The third-order valence-corrected chi connectivity index (χ3v) is 4.48. The van der Waals surface area contributed by atoms with E-state index >= 15 is 0 Å². The summed E-state index contributed by atoms with van der Waals surface area (Å²) in [5, 5.41) is 8.05. The van der Waals surface area contributed by atoms with Gasteiger partial charge < -0.3 is 5.32 Å². The number of hydrogen-bond donors (Lipinski definition) is 1. The molecule has 0 bridgehead atoms. The molecule has 1 aliphatic carbocycles. The number of thiophene rings is 1. The van der Waals surface area contributed by atoms with Crippen molar-refractivity contribution in [1.82, 2.24) is 5.32 Å². The molecule has 1 aliphatic rings. The topological polar surface area (TPSA) is 12.0 Å². The standard InChI is InChI=1S/C14H23NS/c1-11(2)15-9-14-6-5-13(14)4-3-12-7-8-16-10-12/h7-8,10-11,13-15H,3-6,9H2,1-2H3. The average Bonchev–Trinajstić information content (AvgIpc) is 2.69. The summed E-state index contributed by atoms with van der Waals surface area (Å²) in [5.41, 5.74) is 1.53. The minimum Gasteiger partial charge on any atom is -0.314 e. The molecule has 2 unspecified atom stereocenters. The van der Waals surface area contributed by atoms with Gasteiger partial charge in [-0.1, -0.05) is 13.8 Å². The van der Waals surface area contributed by atoms with Gasteiger partial charge >= 0.3 is 0 Å². The molecule has 0 saturated heterocycles. The highest BCUT2D eigenvalue weighted by Gasteiger charge is 2.29. The van der Waals surface area contributed by atoms with E-state index in [2.05, 4.69) is 36.0 Å². The average molecular weight is 237 g/mol. The highest BCUT2D eigenvalue weighted by molar-refractivity contribution is 7.07. The van der Waals surface area contributed by atoms with Crippen LogP contribution >= 0.6 is 11.3 Å². The van der Waals surface area contributed by atoms with E-state index in [9.17, 15) is 0 Å². The zero-order valence-electron chi connectivity index (χ0n) is 10.4. The summed E-state index contributed by atoms with van der Waals surface area (Å²) in [7, 11) is 0. The first-order chi connectivity index (χ1) is 7.75. The lowest BCUT2D eigenvalue weighted by Gasteiger charge is -2.37. The molecule has 0 aliphatic heterocycles. The van der Waals surface area contributed by atoms with Crippen LogP contribution in [0.1, 0.15) is 38.7 Å². The molecule has 2 atom stereocenters. The Balaban J connectivity index is 1.66. The third-order valence-electron chi connectivity index (χ3n) is 3.75. The van der Waals surface area contributed by atoms with Crippen LogP contribution in [-0.4, -0.2) is 12.6 Å². The second-order valence-electron chi connectivity index (χ2n) is 5.33. The van der Waals surface area contributed by atoms with Crippen LogP contribution in [0.2, 0.25) is 0 Å². The highest BCUT2D eigenvalue weighted by Crippen LogP contribution is 2.37. The summed E-state index contributed by atoms with van der Waals surface area (Å²) in [4.78, 5) is 0. The van der Waals surface area contributed by atoms with Crippen molar-refractivity contribution in [2.24, 2.45) is 11.8 Å². The molecule has 0 spiro atoms. The summed E-state index contributed by atoms with van der Waals surface area (Å²) in [6.45, 7) is 5.70. The van der Waals surface area contributed by atoms with Crippen LogP contribution in [0.5, 0.6) is 0 Å². The maximum atomic E-state index is 3.57. The van der Waals surface area contributed by atoms with Crippen molar-refractivity contribution in [1.29, 1.82) is 0 Å². The van der Waals surface area contributed by atoms with Gasteiger partial charge in [0, 0.05) is 6.04 Å². The summed E-state index contributed by atoms with van der Waals surface area (Å²) >= 11 is 1.82. The molecule has 2 heteroatoms. The number of rotatable bonds is 6. The van der Waals surface area contributed by atoms with Gasteiger partial charge in [-0.25, -0.2) is 0 Å². The molecule has 1 aromatic heterocycles. The fourth-order valence-electron chi connectivity index (χ4n) is 2.46. The van der Waals surface area contributed by atoms with Gasteiger partial charge in [0.05, 0.1) is 0 Å². The Morgan fingerprint density at radius 2 is 2.19 bits per heavy atom. The predicted octanol–water partition coefficient (Wildman–Crippen LogP) is 3.70. The maximum Gasteiger partial charge on any atom is 0.00104 e. The van der Waals surface area contributed by atoms with E-state index in [-0.39, 0.29) is 0 Å². The fourth-order valence-corrected chi connectivity index (χ4v) is 3.16. The van der Waals surface area contributed by atoms with Crippen molar-refractivity contribution in [3.63, 3.8) is 0 Å². The zero-order chi connectivity index (χ0) is 11.4. The molecular formula is C14H23NS. The molecule has 1 N–H and O–H groups in total. The summed E-state index contributed by atoms with van der Waals surface area (Å²) in [6.07, 6.45) is 5.57. The van der Waals surface area contributed by atoms with Gasteiger partial charge in [-0.05, 0) is 66.5 Å². The largest absolute Gasteiger partial charge is 0.314 e. The van der Waals surface area contributed by atoms with E-state index in [0.717, 1.165) is 11.8 Å². The van der Waals surface area contributed by atoms with Gasteiger partial charge in [0.25, 0.3) is 0 Å². The Labute approximate surface area is 103 Å². The summed E-state index contributed by atoms with van der Waals surface area (Å²) < 4.78 is 0. The first-order valence-corrected chi connectivity index (χ1v) is 7.44. The molecule has 0 radical (unpaired) electrons. The van der Waals surface area contributed by atoms with Crippen molar-refractivity contribution < 1.29 is 0 Å². The zero-order valence-corrected chi connectivity index (χ0v) is 11.2. The van der Waals surface area contributed by atoms with E-state index < -0.39 is 0 Å². The summed E-state index contributed by atoms with van der Waals surface area (Å²) in [6, 6.07) is 2.91. The van der Waals surface area contributed by atoms with Crippen LogP contribution in [0.3, 0.4) is 0 Å². The third kappa shape index (κ3) is 3.33. The van der Waals surface area contributed by atoms with Crippen LogP contribution in [0.25, 0.3) is 0 Å². The van der Waals surface area contributed by atoms with E-state index in [4.69, 9.17) is 0 Å². The van der Waals surface area contributed by atoms with Gasteiger partial charge in [-0.3, -0.25) is 0 Å². The normalized spacial score (nSPS) is 24.7. The minimum atomic E-state index is 0.637. The van der Waals surface area contributed by atoms with Crippen molar-refractivity contribution in [3.8, 4) is 0 Å². The number of hydrogen-bond acceptors (Lipinski definition) is 2. The number of nitrogens with one attached hydrogen (secondary N) is 1. The smallest absolute Gasteiger partial charge is 0.00104 e. The maximum absolute atomic E-state index is 3.57. The molecule has 1 aromatic rings. The van der Waals surface area contributed by atoms with Crippen LogP contribution in [0, 0.1) is 11.8 Å². The first-order valence-electron chi connectivity index (χ1n) is 6.50. The van der Waals surface area contributed by atoms with Crippen LogP contribution in [-0.2, 0) is 6.42 Å². The Kier molecular flexibility index (Phi) is 4.42. The lowest BCUT2D eigenvalue weighted by Crippen LogP contribution is -2.38. The van der Waals surface area contributed by atoms with Crippen LogP contribution in [0.15, 0.2) is 16.8 Å². The predicted molar refractivity (Wildman–Crippen MR) is 72.0 cm³/mol. The van der Waals surface area contributed by atoms with Gasteiger partial charge in [-0.2, -0.15) is 11.3 Å². The van der Waals surface area contributed by atoms with E-state index in [0.29, 0.717) is 6.04 Å². The second-order valence-corrected chi connectivity index (χ2v) is 6.11. The molecule has 2 rings (SSSR count). The summed E-state index contributed by atoms with van der Waals surface area (Å²) in [5.74, 6) is 1.92.